The molecule has 1 fully saturated rings. The van der Waals surface area contributed by atoms with Crippen molar-refractivity contribution in [3.05, 3.63) is 60.2 Å². The van der Waals surface area contributed by atoms with Crippen molar-refractivity contribution in [2.45, 2.75) is 19.5 Å². The molecule has 0 aliphatic carbocycles. The van der Waals surface area contributed by atoms with Crippen LogP contribution in [-0.4, -0.2) is 22.9 Å². The van der Waals surface area contributed by atoms with Gasteiger partial charge in [-0.25, -0.2) is 9.69 Å². The maximum Gasteiger partial charge on any atom is 0.332 e. The molecule has 1 heterocycles. The number of nitrogen functional groups attached to an aromatic ring is 1. The first-order chi connectivity index (χ1) is 10.6. The minimum absolute atomic E-state index is 0.217. The van der Waals surface area contributed by atoms with Crippen LogP contribution in [0.1, 0.15) is 12.5 Å². The summed E-state index contributed by atoms with van der Waals surface area (Å²) in [4.78, 5) is 27.8. The lowest BCUT2D eigenvalue weighted by atomic mass is 10.2. The molecule has 0 bridgehead atoms. The van der Waals surface area contributed by atoms with Crippen molar-refractivity contribution in [1.29, 1.82) is 0 Å². The lowest BCUT2D eigenvalue weighted by molar-refractivity contribution is -0.119. The fraction of sp³-hybridized carbons (Fsp3) is 0.176. The van der Waals surface area contributed by atoms with Crippen LogP contribution in [0.3, 0.4) is 0 Å². The van der Waals surface area contributed by atoms with Crippen LogP contribution in [0, 0.1) is 0 Å². The quantitative estimate of drug-likeness (QED) is 0.699. The van der Waals surface area contributed by atoms with Gasteiger partial charge in [0.1, 0.15) is 6.04 Å². The molecule has 5 nitrogen and oxygen atoms in total. The zero-order valence-electron chi connectivity index (χ0n) is 12.3. The second kappa shape index (κ2) is 5.52. The lowest BCUT2D eigenvalue weighted by Crippen LogP contribution is -2.33. The number of hydrogen-bond donors (Lipinski definition) is 1. The van der Waals surface area contributed by atoms with E-state index in [-0.39, 0.29) is 11.9 Å². The fourth-order valence-corrected chi connectivity index (χ4v) is 2.55. The molecule has 1 saturated heterocycles. The molecule has 3 rings (SSSR count). The summed E-state index contributed by atoms with van der Waals surface area (Å²) in [5, 5.41) is 0. The number of benzene rings is 2. The lowest BCUT2D eigenvalue weighted by Gasteiger charge is -2.19. The smallest absolute Gasteiger partial charge is 0.332 e. The second-order valence-electron chi connectivity index (χ2n) is 5.34. The summed E-state index contributed by atoms with van der Waals surface area (Å²) in [7, 11) is 0. The monoisotopic (exact) mass is 295 g/mol. The predicted octanol–water partition coefficient (Wildman–Crippen LogP) is 2.63. The maximum absolute atomic E-state index is 12.6. The number of imide groups is 1. The van der Waals surface area contributed by atoms with Crippen molar-refractivity contribution in [2.75, 3.05) is 10.6 Å². The maximum atomic E-state index is 12.6. The van der Waals surface area contributed by atoms with E-state index >= 15 is 0 Å². The summed E-state index contributed by atoms with van der Waals surface area (Å²) < 4.78 is 0. The van der Waals surface area contributed by atoms with E-state index in [4.69, 9.17) is 5.73 Å². The van der Waals surface area contributed by atoms with E-state index in [1.54, 1.807) is 36.1 Å². The highest BCUT2D eigenvalue weighted by Crippen LogP contribution is 2.27. The standard InChI is InChI=1S/C17H17N3O2/c1-12-16(21)20(15-9-7-14(18)8-10-15)17(22)19(12)11-13-5-3-2-4-6-13/h2-10,12H,11,18H2,1H3/t12-/m0/s1. The summed E-state index contributed by atoms with van der Waals surface area (Å²) >= 11 is 0. The zero-order chi connectivity index (χ0) is 15.7. The SMILES string of the molecule is C[C@H]1C(=O)N(c2ccc(N)cc2)C(=O)N1Cc1ccccc1. The molecule has 0 radical (unpaired) electrons. The van der Waals surface area contributed by atoms with Crippen LogP contribution in [0.4, 0.5) is 16.2 Å². The number of carbonyl (C=O) groups is 2. The Bertz CT molecular complexity index is 698. The highest BCUT2D eigenvalue weighted by atomic mass is 16.2. The van der Waals surface area contributed by atoms with E-state index in [0.29, 0.717) is 17.9 Å². The number of urea groups is 1. The Hall–Kier alpha value is -2.82. The van der Waals surface area contributed by atoms with E-state index in [1.165, 1.54) is 4.90 Å². The average Bonchev–Trinajstić information content (AvgIpc) is 2.73. The third-order valence-corrected chi connectivity index (χ3v) is 3.83. The third-order valence-electron chi connectivity index (χ3n) is 3.83. The molecule has 3 amide bonds. The largest absolute Gasteiger partial charge is 0.399 e. The third kappa shape index (κ3) is 2.41. The van der Waals surface area contributed by atoms with Crippen molar-refractivity contribution < 1.29 is 9.59 Å². The molecule has 0 saturated carbocycles. The molecular formula is C17H17N3O2. The Morgan fingerprint density at radius 2 is 1.64 bits per heavy atom. The first-order valence-electron chi connectivity index (χ1n) is 7.12. The van der Waals surface area contributed by atoms with Crippen LogP contribution in [-0.2, 0) is 11.3 Å². The number of anilines is 2. The van der Waals surface area contributed by atoms with Crippen LogP contribution >= 0.6 is 0 Å². The van der Waals surface area contributed by atoms with Gasteiger partial charge in [-0.05, 0) is 36.8 Å². The molecule has 0 spiro atoms. The van der Waals surface area contributed by atoms with Gasteiger partial charge in [0.05, 0.1) is 5.69 Å². The molecule has 1 aliphatic rings. The van der Waals surface area contributed by atoms with Crippen LogP contribution in [0.15, 0.2) is 54.6 Å². The molecule has 2 aromatic rings. The van der Waals surface area contributed by atoms with E-state index in [0.717, 1.165) is 5.56 Å². The molecule has 2 N–H and O–H groups in total. The van der Waals surface area contributed by atoms with Crippen molar-refractivity contribution in [3.8, 4) is 0 Å². The topological polar surface area (TPSA) is 66.6 Å². The Morgan fingerprint density at radius 3 is 2.27 bits per heavy atom. The van der Waals surface area contributed by atoms with Gasteiger partial charge in [-0.3, -0.25) is 4.79 Å². The minimum Gasteiger partial charge on any atom is -0.399 e. The Balaban J connectivity index is 1.87. The molecule has 1 atom stereocenters. The number of amides is 3. The molecule has 1 aliphatic heterocycles. The van der Waals surface area contributed by atoms with Crippen molar-refractivity contribution in [2.24, 2.45) is 0 Å². The molecule has 5 heteroatoms. The first-order valence-corrected chi connectivity index (χ1v) is 7.12. The molecule has 0 aromatic heterocycles. The van der Waals surface area contributed by atoms with Gasteiger partial charge in [0.25, 0.3) is 5.91 Å². The van der Waals surface area contributed by atoms with Gasteiger partial charge in [-0.15, -0.1) is 0 Å². The zero-order valence-corrected chi connectivity index (χ0v) is 12.3. The van der Waals surface area contributed by atoms with Crippen molar-refractivity contribution >= 4 is 23.3 Å². The van der Waals surface area contributed by atoms with Gasteiger partial charge in [-0.2, -0.15) is 0 Å². The van der Waals surface area contributed by atoms with Gasteiger partial charge in [0.2, 0.25) is 0 Å². The van der Waals surface area contributed by atoms with E-state index in [9.17, 15) is 9.59 Å². The summed E-state index contributed by atoms with van der Waals surface area (Å²) in [6.45, 7) is 2.17. The van der Waals surface area contributed by atoms with Gasteiger partial charge in [-0.1, -0.05) is 30.3 Å². The average molecular weight is 295 g/mol. The van der Waals surface area contributed by atoms with Crippen molar-refractivity contribution in [3.63, 3.8) is 0 Å². The molecule has 2 aromatic carbocycles. The van der Waals surface area contributed by atoms with E-state index in [2.05, 4.69) is 0 Å². The molecular weight excluding hydrogens is 278 g/mol. The minimum atomic E-state index is -0.481. The number of nitrogens with two attached hydrogens (primary N) is 1. The summed E-state index contributed by atoms with van der Waals surface area (Å²) in [6, 6.07) is 15.6. The Kier molecular flexibility index (Phi) is 3.55. The summed E-state index contributed by atoms with van der Waals surface area (Å²) in [6.07, 6.45) is 0. The fourth-order valence-electron chi connectivity index (χ4n) is 2.55. The number of carbonyl (C=O) groups excluding carboxylic acids is 2. The highest BCUT2D eigenvalue weighted by Gasteiger charge is 2.43. The normalized spacial score (nSPS) is 18.1. The van der Waals surface area contributed by atoms with Gasteiger partial charge in [0.15, 0.2) is 0 Å². The van der Waals surface area contributed by atoms with Crippen LogP contribution in [0.25, 0.3) is 0 Å². The van der Waals surface area contributed by atoms with Gasteiger partial charge >= 0.3 is 6.03 Å². The van der Waals surface area contributed by atoms with Crippen LogP contribution in [0.2, 0.25) is 0 Å². The molecule has 112 valence electrons. The van der Waals surface area contributed by atoms with Gasteiger partial charge in [0, 0.05) is 12.2 Å². The van der Waals surface area contributed by atoms with E-state index < -0.39 is 6.04 Å². The second-order valence-corrected chi connectivity index (χ2v) is 5.34. The van der Waals surface area contributed by atoms with E-state index in [1.807, 2.05) is 30.3 Å². The first kappa shape index (κ1) is 14.1. The molecule has 0 unspecified atom stereocenters. The Labute approximate surface area is 128 Å². The summed E-state index contributed by atoms with van der Waals surface area (Å²) in [5.74, 6) is -0.217. The highest BCUT2D eigenvalue weighted by molar-refractivity contribution is 6.21. The van der Waals surface area contributed by atoms with Crippen molar-refractivity contribution in [1.82, 2.24) is 4.90 Å². The van der Waals surface area contributed by atoms with Crippen LogP contribution in [0.5, 0.6) is 0 Å². The van der Waals surface area contributed by atoms with Crippen LogP contribution < -0.4 is 10.6 Å². The number of hydrogen-bond acceptors (Lipinski definition) is 3. The number of rotatable bonds is 3. The summed E-state index contributed by atoms with van der Waals surface area (Å²) in [5.41, 5.74) is 7.79. The number of nitrogens with zero attached hydrogens (tertiary/aromatic N) is 2. The predicted molar refractivity (Wildman–Crippen MR) is 85.2 cm³/mol. The Morgan fingerprint density at radius 1 is 1.00 bits per heavy atom. The van der Waals surface area contributed by atoms with Gasteiger partial charge < -0.3 is 10.6 Å². The molecule has 22 heavy (non-hydrogen) atoms.